The molecule has 3 nitrogen and oxygen atoms in total. The van der Waals surface area contributed by atoms with Gasteiger partial charge in [0.05, 0.1) is 12.8 Å². The zero-order valence-electron chi connectivity index (χ0n) is 11.4. The SMILES string of the molecule is Cc1ccc(NC(=S)N(C)Cc2ccco2)cc1C. The van der Waals surface area contributed by atoms with E-state index in [9.17, 15) is 0 Å². The highest BCUT2D eigenvalue weighted by atomic mass is 32.1. The molecule has 0 saturated carbocycles. The van der Waals surface area contributed by atoms with Crippen LogP contribution in [0.5, 0.6) is 0 Å². The summed E-state index contributed by atoms with van der Waals surface area (Å²) in [5.74, 6) is 0.895. The van der Waals surface area contributed by atoms with Gasteiger partial charge in [-0.1, -0.05) is 6.07 Å². The Kier molecular flexibility index (Phi) is 4.22. The van der Waals surface area contributed by atoms with Crippen LogP contribution in [0, 0.1) is 13.8 Å². The number of furan rings is 1. The highest BCUT2D eigenvalue weighted by Gasteiger charge is 2.07. The summed E-state index contributed by atoms with van der Waals surface area (Å²) < 4.78 is 5.31. The third-order valence-corrected chi connectivity index (χ3v) is 3.49. The molecule has 0 saturated heterocycles. The van der Waals surface area contributed by atoms with Gasteiger partial charge < -0.3 is 14.6 Å². The monoisotopic (exact) mass is 274 g/mol. The first-order chi connectivity index (χ1) is 9.06. The molecule has 2 rings (SSSR count). The van der Waals surface area contributed by atoms with Crippen molar-refractivity contribution in [2.75, 3.05) is 12.4 Å². The molecule has 2 aromatic rings. The summed E-state index contributed by atoms with van der Waals surface area (Å²) in [5, 5.41) is 3.92. The van der Waals surface area contributed by atoms with Gasteiger partial charge in [-0.3, -0.25) is 0 Å². The van der Waals surface area contributed by atoms with E-state index in [4.69, 9.17) is 16.6 Å². The standard InChI is InChI=1S/C15H18N2OS/c1-11-6-7-13(9-12(11)2)16-15(19)17(3)10-14-5-4-8-18-14/h4-9H,10H2,1-3H3,(H,16,19). The second-order valence-electron chi connectivity index (χ2n) is 4.66. The number of nitrogens with zero attached hydrogens (tertiary/aromatic N) is 1. The van der Waals surface area contributed by atoms with Crippen LogP contribution < -0.4 is 5.32 Å². The average molecular weight is 274 g/mol. The van der Waals surface area contributed by atoms with E-state index in [0.717, 1.165) is 11.4 Å². The largest absolute Gasteiger partial charge is 0.467 e. The Bertz CT molecular complexity index is 564. The van der Waals surface area contributed by atoms with E-state index in [0.29, 0.717) is 11.7 Å². The van der Waals surface area contributed by atoms with Gasteiger partial charge in [0.1, 0.15) is 5.76 Å². The Morgan fingerprint density at radius 3 is 2.68 bits per heavy atom. The van der Waals surface area contributed by atoms with Crippen molar-refractivity contribution >= 4 is 23.0 Å². The zero-order chi connectivity index (χ0) is 13.8. The van der Waals surface area contributed by atoms with Crippen LogP contribution in [0.4, 0.5) is 5.69 Å². The van der Waals surface area contributed by atoms with E-state index in [-0.39, 0.29) is 0 Å². The van der Waals surface area contributed by atoms with Crippen LogP contribution in [-0.4, -0.2) is 17.1 Å². The number of anilines is 1. The predicted molar refractivity (Wildman–Crippen MR) is 82.3 cm³/mol. The third-order valence-electron chi connectivity index (χ3n) is 3.08. The van der Waals surface area contributed by atoms with E-state index in [1.54, 1.807) is 6.26 Å². The molecule has 0 spiro atoms. The molecule has 0 aliphatic carbocycles. The molecule has 0 unspecified atom stereocenters. The molecule has 0 aliphatic heterocycles. The minimum Gasteiger partial charge on any atom is -0.467 e. The second kappa shape index (κ2) is 5.89. The highest BCUT2D eigenvalue weighted by molar-refractivity contribution is 7.80. The molecule has 1 aromatic carbocycles. The van der Waals surface area contributed by atoms with Crippen molar-refractivity contribution in [1.29, 1.82) is 0 Å². The van der Waals surface area contributed by atoms with Gasteiger partial charge in [0.2, 0.25) is 0 Å². The lowest BCUT2D eigenvalue weighted by atomic mass is 10.1. The third kappa shape index (κ3) is 3.58. The quantitative estimate of drug-likeness (QED) is 0.863. The molecule has 100 valence electrons. The normalized spacial score (nSPS) is 10.3. The topological polar surface area (TPSA) is 28.4 Å². The van der Waals surface area contributed by atoms with Crippen molar-refractivity contribution in [3.8, 4) is 0 Å². The van der Waals surface area contributed by atoms with Crippen LogP contribution >= 0.6 is 12.2 Å². The molecule has 1 heterocycles. The van der Waals surface area contributed by atoms with E-state index in [1.807, 2.05) is 30.1 Å². The fraction of sp³-hybridized carbons (Fsp3) is 0.267. The minimum atomic E-state index is 0.656. The number of aryl methyl sites for hydroxylation is 2. The molecular formula is C15H18N2OS. The lowest BCUT2D eigenvalue weighted by Gasteiger charge is -2.20. The lowest BCUT2D eigenvalue weighted by Crippen LogP contribution is -2.30. The molecule has 0 amide bonds. The minimum absolute atomic E-state index is 0.656. The second-order valence-corrected chi connectivity index (χ2v) is 5.05. The predicted octanol–water partition coefficient (Wildman–Crippen LogP) is 3.73. The van der Waals surface area contributed by atoms with Crippen molar-refractivity contribution in [2.24, 2.45) is 0 Å². The summed E-state index contributed by atoms with van der Waals surface area (Å²) in [5.41, 5.74) is 3.54. The first-order valence-electron chi connectivity index (χ1n) is 6.18. The summed E-state index contributed by atoms with van der Waals surface area (Å²) in [6, 6.07) is 10.0. The van der Waals surface area contributed by atoms with Crippen molar-refractivity contribution < 1.29 is 4.42 Å². The molecule has 1 N–H and O–H groups in total. The van der Waals surface area contributed by atoms with Gasteiger partial charge in [0.25, 0.3) is 0 Å². The zero-order valence-corrected chi connectivity index (χ0v) is 12.3. The maximum atomic E-state index is 5.38. The van der Waals surface area contributed by atoms with Crippen molar-refractivity contribution in [1.82, 2.24) is 4.90 Å². The Morgan fingerprint density at radius 2 is 2.05 bits per heavy atom. The summed E-state index contributed by atoms with van der Waals surface area (Å²) in [6.07, 6.45) is 1.67. The number of thiocarbonyl (C=S) groups is 1. The Balaban J connectivity index is 1.98. The first kappa shape index (κ1) is 13.6. The van der Waals surface area contributed by atoms with Crippen LogP contribution in [0.25, 0.3) is 0 Å². The number of hydrogen-bond donors (Lipinski definition) is 1. The number of benzene rings is 1. The van der Waals surface area contributed by atoms with E-state index in [1.165, 1.54) is 11.1 Å². The van der Waals surface area contributed by atoms with E-state index in [2.05, 4.69) is 31.3 Å². The summed E-state index contributed by atoms with van der Waals surface area (Å²) >= 11 is 5.38. The van der Waals surface area contributed by atoms with Crippen LogP contribution in [-0.2, 0) is 6.54 Å². The molecule has 4 heteroatoms. The average Bonchev–Trinajstić information content (AvgIpc) is 2.86. The lowest BCUT2D eigenvalue weighted by molar-refractivity contribution is 0.414. The highest BCUT2D eigenvalue weighted by Crippen LogP contribution is 2.15. The Labute approximate surface area is 119 Å². The molecule has 0 aliphatic rings. The fourth-order valence-corrected chi connectivity index (χ4v) is 1.93. The van der Waals surface area contributed by atoms with Gasteiger partial charge >= 0.3 is 0 Å². The smallest absolute Gasteiger partial charge is 0.173 e. The Morgan fingerprint density at radius 1 is 1.26 bits per heavy atom. The van der Waals surface area contributed by atoms with Crippen molar-refractivity contribution in [3.63, 3.8) is 0 Å². The van der Waals surface area contributed by atoms with Crippen LogP contribution in [0.15, 0.2) is 41.0 Å². The molecule has 0 fully saturated rings. The van der Waals surface area contributed by atoms with Crippen LogP contribution in [0.2, 0.25) is 0 Å². The van der Waals surface area contributed by atoms with E-state index >= 15 is 0 Å². The van der Waals surface area contributed by atoms with Crippen LogP contribution in [0.3, 0.4) is 0 Å². The van der Waals surface area contributed by atoms with Gasteiger partial charge in [0, 0.05) is 12.7 Å². The van der Waals surface area contributed by atoms with Crippen molar-refractivity contribution in [2.45, 2.75) is 20.4 Å². The molecule has 19 heavy (non-hydrogen) atoms. The van der Waals surface area contributed by atoms with Gasteiger partial charge in [0.15, 0.2) is 5.11 Å². The molecule has 0 atom stereocenters. The summed E-state index contributed by atoms with van der Waals surface area (Å²) in [6.45, 7) is 4.85. The molecular weight excluding hydrogens is 256 g/mol. The van der Waals surface area contributed by atoms with Gasteiger partial charge in [-0.15, -0.1) is 0 Å². The van der Waals surface area contributed by atoms with Gasteiger partial charge in [-0.05, 0) is 61.5 Å². The van der Waals surface area contributed by atoms with Crippen molar-refractivity contribution in [3.05, 3.63) is 53.5 Å². The van der Waals surface area contributed by atoms with E-state index < -0.39 is 0 Å². The maximum absolute atomic E-state index is 5.38. The molecule has 1 aromatic heterocycles. The fourth-order valence-electron chi connectivity index (χ4n) is 1.75. The van der Waals surface area contributed by atoms with Gasteiger partial charge in [-0.2, -0.15) is 0 Å². The Hall–Kier alpha value is -1.81. The maximum Gasteiger partial charge on any atom is 0.173 e. The molecule has 0 radical (unpaired) electrons. The number of hydrogen-bond acceptors (Lipinski definition) is 2. The molecule has 0 bridgehead atoms. The number of rotatable bonds is 3. The summed E-state index contributed by atoms with van der Waals surface area (Å²) in [4.78, 5) is 1.95. The first-order valence-corrected chi connectivity index (χ1v) is 6.59. The van der Waals surface area contributed by atoms with Gasteiger partial charge in [-0.25, -0.2) is 0 Å². The summed E-state index contributed by atoms with van der Waals surface area (Å²) in [7, 11) is 1.94. The van der Waals surface area contributed by atoms with Crippen LogP contribution in [0.1, 0.15) is 16.9 Å². The number of nitrogens with one attached hydrogen (secondary N) is 1.